The molecule has 0 aliphatic carbocycles. The minimum Gasteiger partial charge on any atom is -0.456 e. The lowest BCUT2D eigenvalue weighted by molar-refractivity contribution is 0.468. The summed E-state index contributed by atoms with van der Waals surface area (Å²) in [5, 5.41) is 0. The molecule has 0 saturated heterocycles. The molecule has 0 saturated carbocycles. The molecule has 1 aliphatic heterocycles. The molecular formula is C17H15BrFNO. The minimum atomic E-state index is -0.273. The average Bonchev–Trinajstić information content (AvgIpc) is 2.46. The van der Waals surface area contributed by atoms with E-state index in [1.807, 2.05) is 12.1 Å². The van der Waals surface area contributed by atoms with Crippen molar-refractivity contribution >= 4 is 27.3 Å². The molecular weight excluding hydrogens is 333 g/mol. The van der Waals surface area contributed by atoms with Gasteiger partial charge in [0.05, 0.1) is 10.2 Å². The quantitative estimate of drug-likeness (QED) is 0.686. The van der Waals surface area contributed by atoms with E-state index in [1.54, 1.807) is 12.1 Å². The molecule has 4 heteroatoms. The number of ether oxygens (including phenoxy) is 1. The van der Waals surface area contributed by atoms with Gasteiger partial charge in [0.25, 0.3) is 0 Å². The summed E-state index contributed by atoms with van der Waals surface area (Å²) < 4.78 is 19.8. The van der Waals surface area contributed by atoms with Crippen molar-refractivity contribution in [2.75, 3.05) is 0 Å². The zero-order chi connectivity index (χ0) is 15.0. The van der Waals surface area contributed by atoms with E-state index in [0.29, 0.717) is 11.7 Å². The van der Waals surface area contributed by atoms with Crippen molar-refractivity contribution in [3.8, 4) is 11.5 Å². The summed E-state index contributed by atoms with van der Waals surface area (Å²) in [5.74, 6) is 1.50. The van der Waals surface area contributed by atoms with Gasteiger partial charge in [0.15, 0.2) is 0 Å². The molecule has 1 heterocycles. The third kappa shape index (κ3) is 2.86. The van der Waals surface area contributed by atoms with Gasteiger partial charge >= 0.3 is 0 Å². The van der Waals surface area contributed by atoms with Crippen LogP contribution in [0.1, 0.15) is 19.4 Å². The van der Waals surface area contributed by atoms with Gasteiger partial charge < -0.3 is 4.74 Å². The van der Waals surface area contributed by atoms with Crippen molar-refractivity contribution in [3.05, 3.63) is 52.3 Å². The molecule has 0 spiro atoms. The van der Waals surface area contributed by atoms with Gasteiger partial charge in [-0.1, -0.05) is 6.92 Å². The Morgan fingerprint density at radius 1 is 1.19 bits per heavy atom. The van der Waals surface area contributed by atoms with Crippen LogP contribution in [-0.4, -0.2) is 5.71 Å². The molecule has 2 aromatic rings. The predicted octanol–water partition coefficient (Wildman–Crippen LogP) is 5.67. The van der Waals surface area contributed by atoms with Crippen LogP contribution >= 0.6 is 15.9 Å². The lowest BCUT2D eigenvalue weighted by Gasteiger charge is -2.23. The molecule has 21 heavy (non-hydrogen) atoms. The molecule has 1 aliphatic rings. The number of aliphatic imine (C=N–C) groups is 1. The fraction of sp³-hybridized carbons (Fsp3) is 0.235. The summed E-state index contributed by atoms with van der Waals surface area (Å²) in [6.07, 6.45) is 0.890. The van der Waals surface area contributed by atoms with Crippen LogP contribution in [0.25, 0.3) is 0 Å². The van der Waals surface area contributed by atoms with Crippen LogP contribution in [0.5, 0.6) is 11.5 Å². The van der Waals surface area contributed by atoms with Crippen LogP contribution in [0.2, 0.25) is 0 Å². The molecule has 0 aromatic heterocycles. The average molecular weight is 348 g/mol. The van der Waals surface area contributed by atoms with Crippen molar-refractivity contribution in [1.29, 1.82) is 0 Å². The first-order valence-corrected chi connectivity index (χ1v) is 7.64. The molecule has 0 unspecified atom stereocenters. The summed E-state index contributed by atoms with van der Waals surface area (Å²) in [4.78, 5) is 4.64. The van der Waals surface area contributed by atoms with Gasteiger partial charge in [-0.3, -0.25) is 4.99 Å². The van der Waals surface area contributed by atoms with E-state index in [9.17, 15) is 4.39 Å². The minimum absolute atomic E-state index is 0.273. The Kier molecular flexibility index (Phi) is 3.81. The third-order valence-corrected chi connectivity index (χ3v) is 4.37. The predicted molar refractivity (Wildman–Crippen MR) is 86.3 cm³/mol. The lowest BCUT2D eigenvalue weighted by Crippen LogP contribution is -2.15. The number of hydrogen-bond donors (Lipinski definition) is 0. The maximum absolute atomic E-state index is 13.0. The van der Waals surface area contributed by atoms with Crippen LogP contribution in [0.4, 0.5) is 10.1 Å². The van der Waals surface area contributed by atoms with Gasteiger partial charge in [0, 0.05) is 11.3 Å². The Hall–Kier alpha value is -1.68. The maximum Gasteiger partial charge on any atom is 0.146 e. The van der Waals surface area contributed by atoms with Gasteiger partial charge in [-0.15, -0.1) is 0 Å². The van der Waals surface area contributed by atoms with Crippen molar-refractivity contribution in [2.24, 2.45) is 10.9 Å². The van der Waals surface area contributed by atoms with E-state index < -0.39 is 0 Å². The normalized spacial score (nSPS) is 17.1. The molecule has 2 nitrogen and oxygen atoms in total. The lowest BCUT2D eigenvalue weighted by atomic mass is 9.92. The summed E-state index contributed by atoms with van der Waals surface area (Å²) in [6, 6.07) is 9.97. The first-order chi connectivity index (χ1) is 10.0. The van der Waals surface area contributed by atoms with E-state index in [2.05, 4.69) is 34.8 Å². The highest BCUT2D eigenvalue weighted by molar-refractivity contribution is 9.10. The van der Waals surface area contributed by atoms with E-state index >= 15 is 0 Å². The van der Waals surface area contributed by atoms with Gasteiger partial charge in [0.1, 0.15) is 17.3 Å². The standard InChI is InChI=1S/C17H15BrFNO/c1-10-9-14-16(20-11(10)2)8-7-15(18)17(14)21-13-5-3-12(19)4-6-13/h3-8,10H,9H2,1-2H3/t10-/m0/s1. The van der Waals surface area contributed by atoms with Gasteiger partial charge in [-0.2, -0.15) is 0 Å². The number of hydrogen-bond acceptors (Lipinski definition) is 2. The van der Waals surface area contributed by atoms with Crippen LogP contribution in [0, 0.1) is 11.7 Å². The summed E-state index contributed by atoms with van der Waals surface area (Å²) in [5.41, 5.74) is 3.18. The van der Waals surface area contributed by atoms with E-state index in [-0.39, 0.29) is 5.82 Å². The number of rotatable bonds is 2. The van der Waals surface area contributed by atoms with Crippen molar-refractivity contribution in [2.45, 2.75) is 20.3 Å². The van der Waals surface area contributed by atoms with Crippen LogP contribution in [-0.2, 0) is 6.42 Å². The number of fused-ring (bicyclic) bond motifs is 1. The highest BCUT2D eigenvalue weighted by atomic mass is 79.9. The second kappa shape index (κ2) is 5.60. The second-order valence-electron chi connectivity index (χ2n) is 5.29. The monoisotopic (exact) mass is 347 g/mol. The van der Waals surface area contributed by atoms with Crippen molar-refractivity contribution < 1.29 is 9.13 Å². The highest BCUT2D eigenvalue weighted by Gasteiger charge is 2.22. The first-order valence-electron chi connectivity index (χ1n) is 6.84. The summed E-state index contributed by atoms with van der Waals surface area (Å²) in [7, 11) is 0. The molecule has 0 N–H and O–H groups in total. The van der Waals surface area contributed by atoms with E-state index in [1.165, 1.54) is 12.1 Å². The Balaban J connectivity index is 2.03. The fourth-order valence-electron chi connectivity index (χ4n) is 2.38. The van der Waals surface area contributed by atoms with Crippen LogP contribution < -0.4 is 4.74 Å². The Morgan fingerprint density at radius 3 is 2.62 bits per heavy atom. The first kappa shape index (κ1) is 14.3. The number of halogens is 2. The van der Waals surface area contributed by atoms with Crippen LogP contribution in [0.15, 0.2) is 45.9 Å². The molecule has 1 atom stereocenters. The molecule has 0 bridgehead atoms. The zero-order valence-corrected chi connectivity index (χ0v) is 13.4. The van der Waals surface area contributed by atoms with Crippen molar-refractivity contribution in [1.82, 2.24) is 0 Å². The highest BCUT2D eigenvalue weighted by Crippen LogP contribution is 2.42. The topological polar surface area (TPSA) is 21.6 Å². The van der Waals surface area contributed by atoms with E-state index in [4.69, 9.17) is 4.74 Å². The molecule has 108 valence electrons. The summed E-state index contributed by atoms with van der Waals surface area (Å²) in [6.45, 7) is 4.21. The molecule has 2 aromatic carbocycles. The van der Waals surface area contributed by atoms with Gasteiger partial charge in [-0.05, 0) is 71.6 Å². The Bertz CT molecular complexity index is 709. The van der Waals surface area contributed by atoms with Crippen LogP contribution in [0.3, 0.4) is 0 Å². The van der Waals surface area contributed by atoms with Gasteiger partial charge in [-0.25, -0.2) is 4.39 Å². The summed E-state index contributed by atoms with van der Waals surface area (Å²) >= 11 is 3.53. The Labute approximate surface area is 131 Å². The zero-order valence-electron chi connectivity index (χ0n) is 11.9. The maximum atomic E-state index is 13.0. The Morgan fingerprint density at radius 2 is 1.90 bits per heavy atom. The molecule has 0 amide bonds. The smallest absolute Gasteiger partial charge is 0.146 e. The number of benzene rings is 2. The van der Waals surface area contributed by atoms with E-state index in [0.717, 1.165) is 33.6 Å². The molecule has 0 radical (unpaired) electrons. The number of nitrogens with zero attached hydrogens (tertiary/aromatic N) is 1. The SMILES string of the molecule is CC1=Nc2ccc(Br)c(Oc3ccc(F)cc3)c2C[C@@H]1C. The fourth-order valence-corrected chi connectivity index (χ4v) is 2.83. The van der Waals surface area contributed by atoms with Gasteiger partial charge in [0.2, 0.25) is 0 Å². The molecule has 3 rings (SSSR count). The third-order valence-electron chi connectivity index (χ3n) is 3.74. The largest absolute Gasteiger partial charge is 0.456 e. The second-order valence-corrected chi connectivity index (χ2v) is 6.14. The van der Waals surface area contributed by atoms with Crippen molar-refractivity contribution in [3.63, 3.8) is 0 Å². The molecule has 0 fully saturated rings.